The lowest BCUT2D eigenvalue weighted by molar-refractivity contribution is -0.353. The van der Waals surface area contributed by atoms with E-state index in [4.69, 9.17) is 28.4 Å². The van der Waals surface area contributed by atoms with E-state index in [9.17, 15) is 25.2 Å². The molecule has 5 rings (SSSR count). The van der Waals surface area contributed by atoms with Gasteiger partial charge in [-0.1, -0.05) is 91.0 Å². The van der Waals surface area contributed by atoms with Crippen molar-refractivity contribution >= 4 is 5.91 Å². The second kappa shape index (κ2) is 17.2. The maximum absolute atomic E-state index is 12.1. The molecule has 1 amide bonds. The number of amides is 1. The van der Waals surface area contributed by atoms with Crippen LogP contribution >= 0.6 is 0 Å². The molecule has 12 heteroatoms. The molecule has 254 valence electrons. The number of nitrogens with one attached hydrogen (secondary N) is 1. The fourth-order valence-corrected chi connectivity index (χ4v) is 5.70. The van der Waals surface area contributed by atoms with Crippen molar-refractivity contribution in [2.24, 2.45) is 0 Å². The molecule has 2 aliphatic rings. The van der Waals surface area contributed by atoms with Crippen LogP contribution in [0, 0.1) is 0 Å². The lowest BCUT2D eigenvalue weighted by Gasteiger charge is -2.48. The molecule has 0 unspecified atom stereocenters. The summed E-state index contributed by atoms with van der Waals surface area (Å²) in [5, 5.41) is 45.3. The van der Waals surface area contributed by atoms with Gasteiger partial charge in [0.25, 0.3) is 0 Å². The first-order valence-corrected chi connectivity index (χ1v) is 15.6. The Bertz CT molecular complexity index is 1350. The van der Waals surface area contributed by atoms with Gasteiger partial charge in [-0.25, -0.2) is 0 Å². The number of benzene rings is 3. The van der Waals surface area contributed by atoms with Gasteiger partial charge in [0.15, 0.2) is 12.6 Å². The van der Waals surface area contributed by atoms with Crippen LogP contribution in [0.5, 0.6) is 0 Å². The van der Waals surface area contributed by atoms with Crippen LogP contribution in [0.3, 0.4) is 0 Å². The minimum atomic E-state index is -1.54. The number of hydrogen-bond donors (Lipinski definition) is 5. The Hall–Kier alpha value is -3.27. The zero-order chi connectivity index (χ0) is 33.2. The summed E-state index contributed by atoms with van der Waals surface area (Å²) < 4.78 is 37.2. The average molecular weight is 654 g/mol. The van der Waals surface area contributed by atoms with Crippen LogP contribution in [0.4, 0.5) is 0 Å². The number of aliphatic hydroxyl groups is 4. The van der Waals surface area contributed by atoms with Crippen molar-refractivity contribution in [1.82, 2.24) is 5.32 Å². The highest BCUT2D eigenvalue weighted by molar-refractivity contribution is 5.73. The third-order valence-corrected chi connectivity index (χ3v) is 8.12. The van der Waals surface area contributed by atoms with E-state index in [-0.39, 0.29) is 26.4 Å². The summed E-state index contributed by atoms with van der Waals surface area (Å²) in [4.78, 5) is 12.1. The molecule has 3 aromatic carbocycles. The van der Waals surface area contributed by atoms with Crippen LogP contribution in [-0.2, 0) is 53.0 Å². The highest BCUT2D eigenvalue weighted by atomic mass is 16.7. The smallest absolute Gasteiger partial charge is 0.217 e. The summed E-state index contributed by atoms with van der Waals surface area (Å²) in [5.74, 6) is -0.500. The standard InChI is InChI=1S/C35H43NO11/c1-22(38)36-28-30(40)29(39)26(17-37)46-35(28)47-31-27(21-42-18-23-11-5-2-6-12-23)45-34(41)33(44-20-25-15-9-4-10-16-25)32(31)43-19-24-13-7-3-8-14-24/h2-16,26-35,37,39-41H,17-21H2,1H3,(H,36,38)/t26-,27-,28+,29-,30-,31-,32+,33-,34-,35-/m1/s1. The molecular weight excluding hydrogens is 610 g/mol. The molecule has 10 atom stereocenters. The second-order valence-electron chi connectivity index (χ2n) is 11.6. The van der Waals surface area contributed by atoms with Gasteiger partial charge in [-0.2, -0.15) is 0 Å². The van der Waals surface area contributed by atoms with Crippen molar-refractivity contribution in [2.45, 2.75) is 88.1 Å². The Morgan fingerprint density at radius 3 is 1.77 bits per heavy atom. The Labute approximate surface area is 273 Å². The SMILES string of the molecule is CC(=O)N[C@@H]1[C@@H](O[C@H]2[C@H](OCc3ccccc3)[C@@H](OCc3ccccc3)[C@H](O)O[C@@H]2COCc2ccccc2)O[C@H](CO)[C@@H](O)[C@@H]1O. The molecule has 0 aliphatic carbocycles. The van der Waals surface area contributed by atoms with Gasteiger partial charge < -0.3 is 54.2 Å². The van der Waals surface area contributed by atoms with Crippen LogP contribution in [0.2, 0.25) is 0 Å². The number of carbonyl (C=O) groups excluding carboxylic acids is 1. The Kier molecular flexibility index (Phi) is 12.8. The van der Waals surface area contributed by atoms with Crippen molar-refractivity contribution in [3.8, 4) is 0 Å². The molecule has 0 spiro atoms. The Morgan fingerprint density at radius 2 is 1.23 bits per heavy atom. The van der Waals surface area contributed by atoms with Gasteiger partial charge in [-0.15, -0.1) is 0 Å². The van der Waals surface area contributed by atoms with E-state index in [1.54, 1.807) is 0 Å². The van der Waals surface area contributed by atoms with E-state index in [0.717, 1.165) is 16.7 Å². The van der Waals surface area contributed by atoms with E-state index in [1.807, 2.05) is 91.0 Å². The third kappa shape index (κ3) is 9.42. The Balaban J connectivity index is 1.45. The zero-order valence-electron chi connectivity index (χ0n) is 26.1. The predicted molar refractivity (Wildman–Crippen MR) is 167 cm³/mol. The first-order valence-electron chi connectivity index (χ1n) is 15.6. The van der Waals surface area contributed by atoms with E-state index >= 15 is 0 Å². The van der Waals surface area contributed by atoms with Crippen LogP contribution in [0.15, 0.2) is 91.0 Å². The largest absolute Gasteiger partial charge is 0.394 e. The van der Waals surface area contributed by atoms with Crippen LogP contribution in [0.1, 0.15) is 23.6 Å². The van der Waals surface area contributed by atoms with E-state index in [1.165, 1.54) is 6.92 Å². The highest BCUT2D eigenvalue weighted by Gasteiger charge is 2.52. The lowest BCUT2D eigenvalue weighted by atomic mass is 9.95. The summed E-state index contributed by atoms with van der Waals surface area (Å²) >= 11 is 0. The molecule has 0 aromatic heterocycles. The molecule has 2 aliphatic heterocycles. The normalized spacial score (nSPS) is 30.9. The monoisotopic (exact) mass is 653 g/mol. The predicted octanol–water partition coefficient (Wildman–Crippen LogP) is 1.42. The first-order chi connectivity index (χ1) is 22.8. The molecule has 2 heterocycles. The Morgan fingerprint density at radius 1 is 0.702 bits per heavy atom. The molecule has 5 N–H and O–H groups in total. The van der Waals surface area contributed by atoms with Crippen molar-refractivity contribution in [2.75, 3.05) is 13.2 Å². The van der Waals surface area contributed by atoms with Crippen molar-refractivity contribution in [1.29, 1.82) is 0 Å². The molecule has 3 aromatic rings. The lowest BCUT2D eigenvalue weighted by Crippen LogP contribution is -2.68. The van der Waals surface area contributed by atoms with E-state index < -0.39 is 73.9 Å². The number of carbonyl (C=O) groups is 1. The minimum Gasteiger partial charge on any atom is -0.394 e. The fourth-order valence-electron chi connectivity index (χ4n) is 5.70. The van der Waals surface area contributed by atoms with Crippen molar-refractivity contribution in [3.05, 3.63) is 108 Å². The van der Waals surface area contributed by atoms with Crippen LogP contribution in [-0.4, -0.2) is 101 Å². The molecule has 2 fully saturated rings. The second-order valence-corrected chi connectivity index (χ2v) is 11.6. The topological polar surface area (TPSA) is 165 Å². The number of rotatable bonds is 14. The van der Waals surface area contributed by atoms with Crippen LogP contribution in [0.25, 0.3) is 0 Å². The maximum Gasteiger partial charge on any atom is 0.217 e. The summed E-state index contributed by atoms with van der Waals surface area (Å²) in [7, 11) is 0. The maximum atomic E-state index is 12.1. The molecule has 47 heavy (non-hydrogen) atoms. The summed E-state index contributed by atoms with van der Waals surface area (Å²) in [6.45, 7) is 1.10. The first kappa shape index (κ1) is 35.0. The van der Waals surface area contributed by atoms with Gasteiger partial charge in [-0.05, 0) is 16.7 Å². The molecule has 0 radical (unpaired) electrons. The van der Waals surface area contributed by atoms with Crippen molar-refractivity contribution < 1.29 is 53.6 Å². The number of aliphatic hydroxyl groups excluding tert-OH is 4. The number of hydrogen-bond acceptors (Lipinski definition) is 11. The van der Waals surface area contributed by atoms with E-state index in [0.29, 0.717) is 0 Å². The zero-order valence-corrected chi connectivity index (χ0v) is 26.1. The van der Waals surface area contributed by atoms with Gasteiger partial charge >= 0.3 is 0 Å². The summed E-state index contributed by atoms with van der Waals surface area (Å²) in [5.41, 5.74) is 2.64. The molecule has 0 bridgehead atoms. The van der Waals surface area contributed by atoms with Gasteiger partial charge in [-0.3, -0.25) is 4.79 Å². The molecular formula is C35H43NO11. The molecule has 2 saturated heterocycles. The van der Waals surface area contributed by atoms with Gasteiger partial charge in [0.2, 0.25) is 5.91 Å². The van der Waals surface area contributed by atoms with Crippen LogP contribution < -0.4 is 5.32 Å². The van der Waals surface area contributed by atoms with Gasteiger partial charge in [0, 0.05) is 6.92 Å². The van der Waals surface area contributed by atoms with E-state index in [2.05, 4.69) is 5.32 Å². The quantitative estimate of drug-likeness (QED) is 0.171. The highest BCUT2D eigenvalue weighted by Crippen LogP contribution is 2.33. The minimum absolute atomic E-state index is 0.0423. The number of ether oxygens (including phenoxy) is 6. The van der Waals surface area contributed by atoms with Crippen molar-refractivity contribution in [3.63, 3.8) is 0 Å². The molecule has 12 nitrogen and oxygen atoms in total. The summed E-state index contributed by atoms with van der Waals surface area (Å²) in [6.07, 6.45) is -11.1. The van der Waals surface area contributed by atoms with Gasteiger partial charge in [0.1, 0.15) is 48.8 Å². The van der Waals surface area contributed by atoms with Gasteiger partial charge in [0.05, 0.1) is 33.0 Å². The molecule has 0 saturated carbocycles. The summed E-state index contributed by atoms with van der Waals surface area (Å²) in [6, 6.07) is 27.2. The average Bonchev–Trinajstić information content (AvgIpc) is 3.08. The third-order valence-electron chi connectivity index (χ3n) is 8.12. The fraction of sp³-hybridized carbons (Fsp3) is 0.457.